The van der Waals surface area contributed by atoms with Gasteiger partial charge < -0.3 is 4.57 Å². The molecule has 2 heterocycles. The Balaban J connectivity index is 1.66. The van der Waals surface area contributed by atoms with Gasteiger partial charge in [0.25, 0.3) is 10.0 Å². The van der Waals surface area contributed by atoms with Crippen molar-refractivity contribution < 1.29 is 8.42 Å². The fourth-order valence-corrected chi connectivity index (χ4v) is 5.81. The van der Waals surface area contributed by atoms with E-state index in [2.05, 4.69) is 0 Å². The quantitative estimate of drug-likeness (QED) is 0.384. The van der Waals surface area contributed by atoms with Crippen LogP contribution in [-0.4, -0.2) is 18.0 Å². The Morgan fingerprint density at radius 3 is 2.53 bits per heavy atom. The molecule has 0 saturated heterocycles. The molecular formula is C23H19N3O2S2. The molecule has 0 fully saturated rings. The Labute approximate surface area is 178 Å². The summed E-state index contributed by atoms with van der Waals surface area (Å²) in [7, 11) is -1.86. The zero-order valence-electron chi connectivity index (χ0n) is 16.3. The van der Waals surface area contributed by atoms with Gasteiger partial charge in [0, 0.05) is 11.7 Å². The summed E-state index contributed by atoms with van der Waals surface area (Å²) < 4.78 is 31.8. The number of sulfonamides is 1. The van der Waals surface area contributed by atoms with Crippen molar-refractivity contribution in [2.75, 3.05) is 4.31 Å². The summed E-state index contributed by atoms with van der Waals surface area (Å²) in [5, 5.41) is 3.03. The molecule has 0 amide bonds. The summed E-state index contributed by atoms with van der Waals surface area (Å²) in [6.07, 6.45) is 0. The van der Waals surface area contributed by atoms with Crippen LogP contribution in [-0.2, 0) is 23.6 Å². The maximum Gasteiger partial charge on any atom is 0.264 e. The molecule has 0 aliphatic rings. The van der Waals surface area contributed by atoms with Gasteiger partial charge in [-0.1, -0.05) is 30.3 Å². The van der Waals surface area contributed by atoms with Crippen LogP contribution < -0.4 is 4.31 Å². The lowest BCUT2D eigenvalue weighted by molar-refractivity contribution is 0.588. The second-order valence-electron chi connectivity index (χ2n) is 7.04. The van der Waals surface area contributed by atoms with Gasteiger partial charge in [0.1, 0.15) is 5.82 Å². The van der Waals surface area contributed by atoms with E-state index in [1.165, 1.54) is 4.31 Å². The minimum atomic E-state index is -3.77. The van der Waals surface area contributed by atoms with Gasteiger partial charge >= 0.3 is 0 Å². The van der Waals surface area contributed by atoms with Crippen LogP contribution in [0.25, 0.3) is 21.1 Å². The summed E-state index contributed by atoms with van der Waals surface area (Å²) >= 11 is 1.64. The van der Waals surface area contributed by atoms with E-state index in [0.717, 1.165) is 21.1 Å². The molecule has 0 atom stereocenters. The van der Waals surface area contributed by atoms with Crippen molar-refractivity contribution in [3.05, 3.63) is 90.1 Å². The Morgan fingerprint density at radius 2 is 1.73 bits per heavy atom. The van der Waals surface area contributed by atoms with Crippen molar-refractivity contribution in [2.45, 2.75) is 11.4 Å². The van der Waals surface area contributed by atoms with Crippen LogP contribution in [0.3, 0.4) is 0 Å². The van der Waals surface area contributed by atoms with E-state index in [1.807, 2.05) is 71.6 Å². The second kappa shape index (κ2) is 7.27. The highest BCUT2D eigenvalue weighted by atomic mass is 32.2. The Bertz CT molecular complexity index is 1450. The summed E-state index contributed by atoms with van der Waals surface area (Å²) in [6, 6.07) is 24.1. The fraction of sp³-hybridized carbons (Fsp3) is 0.0870. The van der Waals surface area contributed by atoms with Gasteiger partial charge in [-0.2, -0.15) is 0 Å². The van der Waals surface area contributed by atoms with Crippen LogP contribution in [0, 0.1) is 0 Å². The van der Waals surface area contributed by atoms with Crippen LogP contribution in [0.2, 0.25) is 0 Å². The minimum Gasteiger partial charge on any atom is -0.330 e. The van der Waals surface area contributed by atoms with Crippen LogP contribution >= 0.6 is 11.3 Å². The molecule has 0 saturated carbocycles. The monoisotopic (exact) mass is 433 g/mol. The minimum absolute atomic E-state index is 0.137. The number of thiophene rings is 1. The number of hydrogen-bond donors (Lipinski definition) is 0. The molecule has 5 aromatic rings. The van der Waals surface area contributed by atoms with Gasteiger partial charge in [0.2, 0.25) is 0 Å². The number of aromatic nitrogens is 2. The Hall–Kier alpha value is -3.16. The average molecular weight is 434 g/mol. The highest BCUT2D eigenvalue weighted by molar-refractivity contribution is 7.92. The zero-order chi connectivity index (χ0) is 20.7. The maximum atomic E-state index is 13.6. The normalized spacial score (nSPS) is 11.9. The van der Waals surface area contributed by atoms with Crippen molar-refractivity contribution in [3.8, 4) is 0 Å². The molecule has 7 heteroatoms. The molecule has 0 unspecified atom stereocenters. The SMILES string of the molecule is Cn1c(CN(c2ccc3sccc3c2)S(=O)(=O)c2ccccc2)nc2ccccc21. The van der Waals surface area contributed by atoms with Crippen LogP contribution in [0.4, 0.5) is 5.69 Å². The maximum absolute atomic E-state index is 13.6. The molecule has 0 bridgehead atoms. The van der Waals surface area contributed by atoms with Crippen molar-refractivity contribution >= 4 is 48.2 Å². The number of hydrogen-bond acceptors (Lipinski definition) is 4. The van der Waals surface area contributed by atoms with E-state index in [4.69, 9.17) is 4.98 Å². The molecular weight excluding hydrogens is 414 g/mol. The molecule has 0 aliphatic carbocycles. The predicted octanol–water partition coefficient (Wildman–Crippen LogP) is 5.18. The van der Waals surface area contributed by atoms with Crippen molar-refractivity contribution in [3.63, 3.8) is 0 Å². The largest absolute Gasteiger partial charge is 0.330 e. The van der Waals surface area contributed by atoms with E-state index in [9.17, 15) is 8.42 Å². The zero-order valence-corrected chi connectivity index (χ0v) is 17.9. The molecule has 2 aromatic heterocycles. The molecule has 30 heavy (non-hydrogen) atoms. The van der Waals surface area contributed by atoms with Gasteiger partial charge in [-0.15, -0.1) is 11.3 Å². The van der Waals surface area contributed by atoms with Gasteiger partial charge in [-0.25, -0.2) is 13.4 Å². The first kappa shape index (κ1) is 18.8. The number of rotatable bonds is 5. The van der Waals surface area contributed by atoms with Crippen LogP contribution in [0.5, 0.6) is 0 Å². The van der Waals surface area contributed by atoms with E-state index >= 15 is 0 Å². The van der Waals surface area contributed by atoms with Gasteiger partial charge in [-0.05, 0) is 59.3 Å². The third kappa shape index (κ3) is 3.16. The number of nitrogens with zero attached hydrogens (tertiary/aromatic N) is 3. The smallest absolute Gasteiger partial charge is 0.264 e. The summed E-state index contributed by atoms with van der Waals surface area (Å²) in [5.74, 6) is 0.682. The first-order valence-corrected chi connectivity index (χ1v) is 11.8. The molecule has 0 spiro atoms. The van der Waals surface area contributed by atoms with Crippen molar-refractivity contribution in [1.82, 2.24) is 9.55 Å². The highest BCUT2D eigenvalue weighted by Gasteiger charge is 2.27. The first-order chi connectivity index (χ1) is 14.5. The molecule has 5 rings (SSSR count). The third-order valence-electron chi connectivity index (χ3n) is 5.22. The standard InChI is InChI=1S/C23H19N3O2S2/c1-25-21-10-6-5-9-20(21)24-23(25)16-26(30(27,28)19-7-3-2-4-8-19)18-11-12-22-17(15-18)13-14-29-22/h2-15H,16H2,1H3. The molecule has 0 N–H and O–H groups in total. The molecule has 150 valence electrons. The molecule has 3 aromatic carbocycles. The van der Waals surface area contributed by atoms with E-state index in [1.54, 1.807) is 35.6 Å². The van der Waals surface area contributed by atoms with E-state index in [0.29, 0.717) is 11.5 Å². The Morgan fingerprint density at radius 1 is 0.967 bits per heavy atom. The average Bonchev–Trinajstić information content (AvgIpc) is 3.36. The number of aryl methyl sites for hydroxylation is 1. The topological polar surface area (TPSA) is 55.2 Å². The first-order valence-electron chi connectivity index (χ1n) is 9.49. The summed E-state index contributed by atoms with van der Waals surface area (Å²) in [4.78, 5) is 4.95. The summed E-state index contributed by atoms with van der Waals surface area (Å²) in [6.45, 7) is 0.137. The fourth-order valence-electron chi connectivity index (χ4n) is 3.61. The lowest BCUT2D eigenvalue weighted by atomic mass is 10.2. The number of para-hydroxylation sites is 2. The molecule has 0 aliphatic heterocycles. The van der Waals surface area contributed by atoms with Gasteiger partial charge in [0.15, 0.2) is 0 Å². The van der Waals surface area contributed by atoms with E-state index in [-0.39, 0.29) is 11.4 Å². The lowest BCUT2D eigenvalue weighted by Crippen LogP contribution is -2.31. The van der Waals surface area contributed by atoms with E-state index < -0.39 is 10.0 Å². The number of benzene rings is 3. The molecule has 5 nitrogen and oxygen atoms in total. The lowest BCUT2D eigenvalue weighted by Gasteiger charge is -2.24. The summed E-state index contributed by atoms with van der Waals surface area (Å²) in [5.41, 5.74) is 2.44. The van der Waals surface area contributed by atoms with Crippen molar-refractivity contribution in [1.29, 1.82) is 0 Å². The second-order valence-corrected chi connectivity index (χ2v) is 9.85. The number of fused-ring (bicyclic) bond motifs is 2. The predicted molar refractivity (Wildman–Crippen MR) is 122 cm³/mol. The number of imidazole rings is 1. The number of anilines is 1. The molecule has 0 radical (unpaired) electrons. The highest BCUT2D eigenvalue weighted by Crippen LogP contribution is 2.31. The third-order valence-corrected chi connectivity index (χ3v) is 7.91. The van der Waals surface area contributed by atoms with Crippen molar-refractivity contribution in [2.24, 2.45) is 7.05 Å². The van der Waals surface area contributed by atoms with Gasteiger partial charge in [0.05, 0.1) is 28.2 Å². The Kier molecular flexibility index (Phi) is 4.56. The van der Waals surface area contributed by atoms with Crippen LogP contribution in [0.15, 0.2) is 89.1 Å². The van der Waals surface area contributed by atoms with Crippen LogP contribution in [0.1, 0.15) is 5.82 Å². The van der Waals surface area contributed by atoms with Gasteiger partial charge in [-0.3, -0.25) is 4.31 Å².